The van der Waals surface area contributed by atoms with Crippen molar-refractivity contribution in [1.82, 2.24) is 14.8 Å². The summed E-state index contributed by atoms with van der Waals surface area (Å²) in [4.78, 5) is 18.8. The maximum Gasteiger partial charge on any atom is 0.280 e. The first-order valence-electron chi connectivity index (χ1n) is 8.05. The predicted octanol–water partition coefficient (Wildman–Crippen LogP) is 4.57. The van der Waals surface area contributed by atoms with E-state index in [2.05, 4.69) is 5.10 Å². The summed E-state index contributed by atoms with van der Waals surface area (Å²) in [5.74, 6) is 0. The Kier molecular flexibility index (Phi) is 3.86. The zero-order valence-electron chi connectivity index (χ0n) is 14.0. The quantitative estimate of drug-likeness (QED) is 0.590. The van der Waals surface area contributed by atoms with Gasteiger partial charge in [0, 0.05) is 16.1 Å². The summed E-state index contributed by atoms with van der Waals surface area (Å²) in [5, 5.41) is 4.10. The van der Waals surface area contributed by atoms with Gasteiger partial charge in [0.25, 0.3) is 5.56 Å². The van der Waals surface area contributed by atoms with Gasteiger partial charge in [-0.25, -0.2) is 9.67 Å². The van der Waals surface area contributed by atoms with Crippen molar-refractivity contribution in [3.63, 3.8) is 0 Å². The highest BCUT2D eigenvalue weighted by atomic mass is 32.1. The second kappa shape index (κ2) is 6.18. The van der Waals surface area contributed by atoms with E-state index in [1.807, 2.05) is 74.5 Å². The van der Waals surface area contributed by atoms with Crippen LogP contribution in [0.2, 0.25) is 0 Å². The molecular weight excluding hydrogens is 330 g/mol. The second-order valence-corrected chi connectivity index (χ2v) is 7.08. The minimum absolute atomic E-state index is 0.0725. The van der Waals surface area contributed by atoms with E-state index in [4.69, 9.17) is 4.98 Å². The van der Waals surface area contributed by atoms with E-state index >= 15 is 0 Å². The number of nitrogens with one attached hydrogen (secondary N) is 1. The zero-order chi connectivity index (χ0) is 17.4. The number of aromatic nitrogens is 3. The van der Waals surface area contributed by atoms with Crippen LogP contribution in [0.4, 0.5) is 0 Å². The van der Waals surface area contributed by atoms with Gasteiger partial charge < -0.3 is 0 Å². The standard InChI is InChI=1S/C20H17N3OS/c1-13-17(20(24)23(22-13)16-11-7-4-8-12-16)18-14(2)25-19(21-18)15-9-5-3-6-10-15/h3-12,22H,1-2H3. The third kappa shape index (κ3) is 2.72. The Morgan fingerprint density at radius 3 is 2.28 bits per heavy atom. The molecule has 4 nitrogen and oxygen atoms in total. The Morgan fingerprint density at radius 2 is 1.60 bits per heavy atom. The molecule has 0 saturated carbocycles. The zero-order valence-corrected chi connectivity index (χ0v) is 14.8. The lowest BCUT2D eigenvalue weighted by molar-refractivity contribution is 0.835. The van der Waals surface area contributed by atoms with Crippen LogP contribution >= 0.6 is 11.3 Å². The number of hydrogen-bond acceptors (Lipinski definition) is 3. The maximum atomic E-state index is 13.0. The Morgan fingerprint density at radius 1 is 0.960 bits per heavy atom. The van der Waals surface area contributed by atoms with Gasteiger partial charge in [-0.15, -0.1) is 11.3 Å². The van der Waals surface area contributed by atoms with Crippen molar-refractivity contribution in [1.29, 1.82) is 0 Å². The van der Waals surface area contributed by atoms with Gasteiger partial charge in [-0.05, 0) is 26.0 Å². The molecule has 0 saturated heterocycles. The number of nitrogens with zero attached hydrogens (tertiary/aromatic N) is 2. The van der Waals surface area contributed by atoms with Gasteiger partial charge in [-0.1, -0.05) is 48.5 Å². The number of aromatic amines is 1. The van der Waals surface area contributed by atoms with E-state index < -0.39 is 0 Å². The molecule has 0 aliphatic carbocycles. The van der Waals surface area contributed by atoms with E-state index in [1.54, 1.807) is 16.0 Å². The summed E-state index contributed by atoms with van der Waals surface area (Å²) in [6, 6.07) is 19.6. The Bertz CT molecular complexity index is 1080. The van der Waals surface area contributed by atoms with Gasteiger partial charge in [-0.2, -0.15) is 0 Å². The summed E-state index contributed by atoms with van der Waals surface area (Å²) >= 11 is 1.61. The minimum Gasteiger partial charge on any atom is -0.295 e. The molecule has 0 amide bonds. The lowest BCUT2D eigenvalue weighted by atomic mass is 10.1. The van der Waals surface area contributed by atoms with Crippen LogP contribution in [-0.4, -0.2) is 14.8 Å². The molecular formula is C20H17N3OS. The molecule has 0 radical (unpaired) electrons. The molecule has 0 atom stereocenters. The fourth-order valence-corrected chi connectivity index (χ4v) is 3.84. The Hall–Kier alpha value is -2.92. The predicted molar refractivity (Wildman–Crippen MR) is 102 cm³/mol. The van der Waals surface area contributed by atoms with Crippen molar-refractivity contribution < 1.29 is 0 Å². The van der Waals surface area contributed by atoms with Crippen LogP contribution in [-0.2, 0) is 0 Å². The maximum absolute atomic E-state index is 13.0. The summed E-state index contributed by atoms with van der Waals surface area (Å²) in [6.07, 6.45) is 0. The Balaban J connectivity index is 1.85. The van der Waals surface area contributed by atoms with E-state index in [1.165, 1.54) is 0 Å². The van der Waals surface area contributed by atoms with Gasteiger partial charge in [0.1, 0.15) is 5.01 Å². The number of benzene rings is 2. The third-order valence-corrected chi connectivity index (χ3v) is 5.16. The molecule has 124 valence electrons. The first kappa shape index (κ1) is 15.6. The first-order valence-corrected chi connectivity index (χ1v) is 8.87. The van der Waals surface area contributed by atoms with Crippen molar-refractivity contribution in [2.24, 2.45) is 0 Å². The van der Waals surface area contributed by atoms with Crippen molar-refractivity contribution in [3.8, 4) is 27.5 Å². The molecule has 2 aromatic carbocycles. The number of H-pyrrole nitrogens is 1. The fourth-order valence-electron chi connectivity index (χ4n) is 2.92. The van der Waals surface area contributed by atoms with Gasteiger partial charge in [0.15, 0.2) is 0 Å². The van der Waals surface area contributed by atoms with Crippen LogP contribution < -0.4 is 5.56 Å². The molecule has 4 aromatic rings. The van der Waals surface area contributed by atoms with Crippen molar-refractivity contribution in [3.05, 3.63) is 81.6 Å². The SMILES string of the molecule is Cc1[nH]n(-c2ccccc2)c(=O)c1-c1nc(-c2ccccc2)sc1C. The number of thiazole rings is 1. The molecule has 5 heteroatoms. The van der Waals surface area contributed by atoms with Crippen LogP contribution in [0.1, 0.15) is 10.6 Å². The Labute approximate surface area is 149 Å². The van der Waals surface area contributed by atoms with Gasteiger partial charge >= 0.3 is 0 Å². The second-order valence-electron chi connectivity index (χ2n) is 5.88. The van der Waals surface area contributed by atoms with Gasteiger partial charge in [-0.3, -0.25) is 9.89 Å². The van der Waals surface area contributed by atoms with Crippen molar-refractivity contribution in [2.45, 2.75) is 13.8 Å². The molecule has 0 unspecified atom stereocenters. The van der Waals surface area contributed by atoms with Crippen molar-refractivity contribution >= 4 is 11.3 Å². The topological polar surface area (TPSA) is 50.7 Å². The van der Waals surface area contributed by atoms with E-state index in [0.29, 0.717) is 5.56 Å². The van der Waals surface area contributed by atoms with Crippen LogP contribution in [0.15, 0.2) is 65.5 Å². The van der Waals surface area contributed by atoms with Gasteiger partial charge in [0.05, 0.1) is 16.9 Å². The highest BCUT2D eigenvalue weighted by Gasteiger charge is 2.20. The van der Waals surface area contributed by atoms with E-state index in [9.17, 15) is 4.79 Å². The average molecular weight is 347 g/mol. The van der Waals surface area contributed by atoms with Gasteiger partial charge in [0.2, 0.25) is 0 Å². The molecule has 0 aliphatic heterocycles. The molecule has 2 aromatic heterocycles. The van der Waals surface area contributed by atoms with Crippen LogP contribution in [0, 0.1) is 13.8 Å². The van der Waals surface area contributed by atoms with Crippen LogP contribution in [0.25, 0.3) is 27.5 Å². The largest absolute Gasteiger partial charge is 0.295 e. The molecule has 0 aliphatic rings. The smallest absolute Gasteiger partial charge is 0.280 e. The average Bonchev–Trinajstić information content (AvgIpc) is 3.16. The first-order chi connectivity index (χ1) is 12.1. The molecule has 25 heavy (non-hydrogen) atoms. The fraction of sp³-hybridized carbons (Fsp3) is 0.100. The highest BCUT2D eigenvalue weighted by molar-refractivity contribution is 7.15. The van der Waals surface area contributed by atoms with Crippen LogP contribution in [0.3, 0.4) is 0 Å². The van der Waals surface area contributed by atoms with E-state index in [0.717, 1.165) is 32.5 Å². The normalized spacial score (nSPS) is 11.0. The highest BCUT2D eigenvalue weighted by Crippen LogP contribution is 2.33. The molecule has 0 spiro atoms. The monoisotopic (exact) mass is 347 g/mol. The molecule has 4 rings (SSSR count). The molecule has 0 fully saturated rings. The minimum atomic E-state index is -0.0725. The summed E-state index contributed by atoms with van der Waals surface area (Å²) in [5.41, 5.74) is 4.03. The number of hydrogen-bond donors (Lipinski definition) is 1. The molecule has 2 heterocycles. The summed E-state index contributed by atoms with van der Waals surface area (Å²) in [7, 11) is 0. The van der Waals surface area contributed by atoms with E-state index in [-0.39, 0.29) is 5.56 Å². The number of para-hydroxylation sites is 1. The summed E-state index contributed by atoms with van der Waals surface area (Å²) in [6.45, 7) is 3.93. The molecule has 0 bridgehead atoms. The van der Waals surface area contributed by atoms with Crippen molar-refractivity contribution in [2.75, 3.05) is 0 Å². The third-order valence-electron chi connectivity index (χ3n) is 4.14. The van der Waals surface area contributed by atoms with Crippen LogP contribution in [0.5, 0.6) is 0 Å². The lowest BCUT2D eigenvalue weighted by Gasteiger charge is -1.99. The summed E-state index contributed by atoms with van der Waals surface area (Å²) < 4.78 is 1.58. The molecule has 1 N–H and O–H groups in total. The number of rotatable bonds is 3. The lowest BCUT2D eigenvalue weighted by Crippen LogP contribution is -2.15. The number of aryl methyl sites for hydroxylation is 2.